The van der Waals surface area contributed by atoms with E-state index in [-0.39, 0.29) is 58.2 Å². The molecule has 4 N–H and O–H groups in total. The number of aromatic nitrogens is 3. The lowest BCUT2D eigenvalue weighted by Crippen LogP contribution is -2.48. The third-order valence-electron chi connectivity index (χ3n) is 11.7. The van der Waals surface area contributed by atoms with Gasteiger partial charge in [-0.1, -0.05) is 54.6 Å². The molecule has 4 heterocycles. The molecule has 9 rings (SSSR count). The Balaban J connectivity index is 0.000000228. The number of hydrogen-bond donors (Lipinski definition) is 3. The van der Waals surface area contributed by atoms with Crippen LogP contribution in [0, 0.1) is 23.3 Å². The maximum atomic E-state index is 14.4. The number of pyridine rings is 1. The van der Waals surface area contributed by atoms with Crippen LogP contribution in [0.2, 0.25) is 0 Å². The van der Waals surface area contributed by atoms with Crippen LogP contribution in [-0.4, -0.2) is 84.2 Å². The van der Waals surface area contributed by atoms with Crippen molar-refractivity contribution in [3.63, 3.8) is 0 Å². The molecule has 7 aromatic rings. The standard InChI is InChI=1S/C32H28F5N7.C17H18F2N2/c1-39-29-23-13-14-25(40-30(23)42-31(38)41-29)27-24(32(35,36)37)3-2-4-26(27)43-15-17-44(18-16-43)28(19-5-9-21(33)10-6-19)20-7-11-22(34)12-8-20;18-15-5-1-13(2-6-15)17(21-11-9-20-10-12-21)14-3-7-16(19)8-4-14/h2-14,28H,15-18H2,1H3,(H3,38,39,40,41,42);1-8,17,20H,9-12H2. The molecule has 2 saturated heterocycles. The van der Waals surface area contributed by atoms with Gasteiger partial charge in [0.05, 0.1) is 28.7 Å². The van der Waals surface area contributed by atoms with E-state index >= 15 is 0 Å². The zero-order chi connectivity index (χ0) is 45.7. The summed E-state index contributed by atoms with van der Waals surface area (Å²) in [5.41, 5.74) is 9.38. The van der Waals surface area contributed by atoms with Crippen molar-refractivity contribution in [1.82, 2.24) is 30.1 Å². The van der Waals surface area contributed by atoms with E-state index in [1.165, 1.54) is 60.7 Å². The Labute approximate surface area is 371 Å². The van der Waals surface area contributed by atoms with Crippen molar-refractivity contribution >= 4 is 28.5 Å². The first-order valence-electron chi connectivity index (χ1n) is 21.1. The number of benzene rings is 5. The number of alkyl halides is 3. The van der Waals surface area contributed by atoms with Gasteiger partial charge >= 0.3 is 6.18 Å². The second kappa shape index (κ2) is 19.6. The van der Waals surface area contributed by atoms with Gasteiger partial charge in [0, 0.05) is 70.7 Å². The molecule has 0 aliphatic carbocycles. The fraction of sp³-hybridized carbons (Fsp3) is 0.245. The lowest BCUT2D eigenvalue weighted by molar-refractivity contribution is -0.137. The molecule has 9 nitrogen and oxygen atoms in total. The largest absolute Gasteiger partial charge is 0.417 e. The number of nitrogen functional groups attached to an aromatic ring is 1. The zero-order valence-corrected chi connectivity index (χ0v) is 35.3. The Morgan fingerprint density at radius 2 is 1.03 bits per heavy atom. The number of rotatable bonds is 9. The molecule has 65 heavy (non-hydrogen) atoms. The Bertz CT molecular complexity index is 2600. The summed E-state index contributed by atoms with van der Waals surface area (Å²) in [5.74, 6) is -0.847. The van der Waals surface area contributed by atoms with Gasteiger partial charge in [-0.25, -0.2) is 22.5 Å². The molecule has 0 spiro atoms. The van der Waals surface area contributed by atoms with Crippen molar-refractivity contribution in [2.75, 3.05) is 75.4 Å². The topological polar surface area (TPSA) is 98.5 Å². The molecule has 0 saturated carbocycles. The highest BCUT2D eigenvalue weighted by atomic mass is 19.4. The molecule has 0 radical (unpaired) electrons. The van der Waals surface area contributed by atoms with E-state index in [4.69, 9.17) is 5.73 Å². The molecule has 336 valence electrons. The van der Waals surface area contributed by atoms with Gasteiger partial charge in [0.25, 0.3) is 0 Å². The molecule has 0 bridgehead atoms. The Morgan fingerprint density at radius 1 is 0.569 bits per heavy atom. The molecular weight excluding hydrogens is 848 g/mol. The third kappa shape index (κ3) is 10.4. The molecule has 2 aliphatic rings. The quantitative estimate of drug-likeness (QED) is 0.123. The van der Waals surface area contributed by atoms with Crippen LogP contribution in [0.4, 0.5) is 48.2 Å². The first-order chi connectivity index (χ1) is 31.4. The number of piperazine rings is 2. The third-order valence-corrected chi connectivity index (χ3v) is 11.7. The minimum Gasteiger partial charge on any atom is -0.372 e. The Kier molecular flexibility index (Phi) is 13.6. The molecule has 0 unspecified atom stereocenters. The summed E-state index contributed by atoms with van der Waals surface area (Å²) in [7, 11) is 1.66. The van der Waals surface area contributed by atoms with Crippen LogP contribution in [0.1, 0.15) is 39.9 Å². The van der Waals surface area contributed by atoms with Crippen LogP contribution >= 0.6 is 0 Å². The molecule has 2 aromatic heterocycles. The number of anilines is 3. The van der Waals surface area contributed by atoms with Gasteiger partial charge in [-0.3, -0.25) is 9.80 Å². The number of nitrogens with zero attached hydrogens (tertiary/aromatic N) is 6. The summed E-state index contributed by atoms with van der Waals surface area (Å²) >= 11 is 0. The van der Waals surface area contributed by atoms with Gasteiger partial charge < -0.3 is 21.3 Å². The van der Waals surface area contributed by atoms with Gasteiger partial charge in [-0.15, -0.1) is 0 Å². The van der Waals surface area contributed by atoms with Gasteiger partial charge in [0.15, 0.2) is 5.65 Å². The molecule has 5 aromatic carbocycles. The van der Waals surface area contributed by atoms with Crippen LogP contribution in [0.15, 0.2) is 127 Å². The second-order valence-corrected chi connectivity index (χ2v) is 15.8. The normalized spacial score (nSPS) is 15.0. The van der Waals surface area contributed by atoms with Crippen molar-refractivity contribution in [2.24, 2.45) is 0 Å². The Morgan fingerprint density at radius 3 is 1.48 bits per heavy atom. The Hall–Kier alpha value is -6.62. The maximum Gasteiger partial charge on any atom is 0.417 e. The van der Waals surface area contributed by atoms with Gasteiger partial charge in [0.2, 0.25) is 5.95 Å². The minimum atomic E-state index is -4.64. The lowest BCUT2D eigenvalue weighted by Gasteiger charge is -2.41. The second-order valence-electron chi connectivity index (χ2n) is 15.8. The molecule has 2 aliphatic heterocycles. The number of hydrogen-bond acceptors (Lipinski definition) is 9. The average Bonchev–Trinajstić information content (AvgIpc) is 3.31. The van der Waals surface area contributed by atoms with E-state index in [0.29, 0.717) is 43.1 Å². The maximum absolute atomic E-state index is 14.4. The van der Waals surface area contributed by atoms with Crippen molar-refractivity contribution < 1.29 is 30.7 Å². The van der Waals surface area contributed by atoms with Crippen LogP contribution in [0.25, 0.3) is 22.3 Å². The fourth-order valence-corrected chi connectivity index (χ4v) is 8.64. The van der Waals surface area contributed by atoms with E-state index < -0.39 is 11.7 Å². The lowest BCUT2D eigenvalue weighted by atomic mass is 9.95. The smallest absolute Gasteiger partial charge is 0.372 e. The summed E-state index contributed by atoms with van der Waals surface area (Å²) in [5, 5.41) is 6.76. The zero-order valence-electron chi connectivity index (χ0n) is 35.3. The summed E-state index contributed by atoms with van der Waals surface area (Å²) in [6, 6.07) is 32.5. The highest BCUT2D eigenvalue weighted by Gasteiger charge is 2.37. The fourth-order valence-electron chi connectivity index (χ4n) is 8.64. The molecule has 2 fully saturated rings. The minimum absolute atomic E-state index is 0.0355. The van der Waals surface area contributed by atoms with E-state index in [2.05, 4.69) is 35.4 Å². The van der Waals surface area contributed by atoms with Crippen LogP contribution in [-0.2, 0) is 6.18 Å². The SMILES string of the molecule is CNc1nc(N)nc2nc(-c3c(N4CCN(C(c5ccc(F)cc5)c5ccc(F)cc5)CC4)cccc3C(F)(F)F)ccc12.Fc1ccc(C(c2ccc(F)cc2)N2CCNCC2)cc1. The van der Waals surface area contributed by atoms with Crippen molar-refractivity contribution in [1.29, 1.82) is 0 Å². The molecule has 0 amide bonds. The summed E-state index contributed by atoms with van der Waals surface area (Å²) in [6.07, 6.45) is -4.64. The van der Waals surface area contributed by atoms with Crippen molar-refractivity contribution in [2.45, 2.75) is 18.3 Å². The van der Waals surface area contributed by atoms with Crippen molar-refractivity contribution in [3.05, 3.63) is 178 Å². The van der Waals surface area contributed by atoms with Crippen LogP contribution in [0.3, 0.4) is 0 Å². The molecule has 0 atom stereocenters. The van der Waals surface area contributed by atoms with E-state index in [1.54, 1.807) is 43.4 Å². The van der Waals surface area contributed by atoms with E-state index in [1.807, 2.05) is 29.2 Å². The highest BCUT2D eigenvalue weighted by molar-refractivity contribution is 5.91. The molecule has 16 heteroatoms. The first-order valence-corrected chi connectivity index (χ1v) is 21.1. The number of nitrogens with one attached hydrogen (secondary N) is 2. The van der Waals surface area contributed by atoms with Crippen LogP contribution < -0.4 is 21.3 Å². The molecular formula is C49H46F7N9. The van der Waals surface area contributed by atoms with Gasteiger partial charge in [-0.05, 0) is 95.1 Å². The van der Waals surface area contributed by atoms with Gasteiger partial charge in [-0.2, -0.15) is 23.1 Å². The number of halogens is 7. The monoisotopic (exact) mass is 893 g/mol. The van der Waals surface area contributed by atoms with E-state index in [0.717, 1.165) is 54.5 Å². The van der Waals surface area contributed by atoms with Crippen LogP contribution in [0.5, 0.6) is 0 Å². The van der Waals surface area contributed by atoms with E-state index in [9.17, 15) is 30.7 Å². The summed E-state index contributed by atoms with van der Waals surface area (Å²) in [6.45, 7) is 5.46. The number of fused-ring (bicyclic) bond motifs is 1. The first kappa shape index (κ1) is 45.0. The average molecular weight is 894 g/mol. The van der Waals surface area contributed by atoms with Gasteiger partial charge in [0.1, 0.15) is 29.1 Å². The summed E-state index contributed by atoms with van der Waals surface area (Å²) < 4.78 is 97.1. The van der Waals surface area contributed by atoms with Crippen molar-refractivity contribution in [3.8, 4) is 11.3 Å². The summed E-state index contributed by atoms with van der Waals surface area (Å²) in [4.78, 5) is 19.2. The predicted molar refractivity (Wildman–Crippen MR) is 239 cm³/mol. The number of nitrogens with two attached hydrogens (primary N) is 1. The highest BCUT2D eigenvalue weighted by Crippen LogP contribution is 2.43. The predicted octanol–water partition coefficient (Wildman–Crippen LogP) is 9.48.